The lowest BCUT2D eigenvalue weighted by atomic mass is 10.5. The maximum Gasteiger partial charge on any atom is 0.388 e. The number of hydrogen-bond acceptors (Lipinski definition) is 2. The molecule has 0 heterocycles. The second kappa shape index (κ2) is 5.55. The van der Waals surface area contributed by atoms with Crippen molar-refractivity contribution >= 4 is 9.52 Å². The van der Waals surface area contributed by atoms with Gasteiger partial charge in [-0.1, -0.05) is 0 Å². The number of alkyl halides is 3. The van der Waals surface area contributed by atoms with Gasteiger partial charge in [0, 0.05) is 20.6 Å². The monoisotopic (exact) mass is 200 g/mol. The number of ether oxygens (including phenoxy) is 2. The molecule has 0 saturated carbocycles. The van der Waals surface area contributed by atoms with Crippen LogP contribution in [0.15, 0.2) is 0 Å². The van der Waals surface area contributed by atoms with E-state index in [1.165, 1.54) is 14.2 Å². The van der Waals surface area contributed by atoms with Crippen LogP contribution < -0.4 is 0 Å². The van der Waals surface area contributed by atoms with Gasteiger partial charge in [-0.15, -0.1) is 0 Å². The highest BCUT2D eigenvalue weighted by Gasteiger charge is 2.26. The van der Waals surface area contributed by atoms with E-state index in [1.807, 2.05) is 0 Å². The molecule has 0 aromatic carbocycles. The van der Waals surface area contributed by atoms with Crippen LogP contribution in [-0.2, 0) is 9.47 Å². The molecule has 0 rings (SSSR count). The van der Waals surface area contributed by atoms with Crippen molar-refractivity contribution in [1.82, 2.24) is 0 Å². The lowest BCUT2D eigenvalue weighted by Gasteiger charge is -2.12. The lowest BCUT2D eigenvalue weighted by molar-refractivity contribution is -0.131. The molecule has 0 fully saturated rings. The third-order valence-corrected chi connectivity index (χ3v) is 2.49. The van der Waals surface area contributed by atoms with Crippen LogP contribution in [0.5, 0.6) is 0 Å². The summed E-state index contributed by atoms with van der Waals surface area (Å²) in [5, 5.41) is 0. The van der Waals surface area contributed by atoms with Gasteiger partial charge in [-0.2, -0.15) is 13.2 Å². The molecule has 0 spiro atoms. The maximum absolute atomic E-state index is 11.6. The van der Waals surface area contributed by atoms with Gasteiger partial charge in [-0.05, 0) is 6.04 Å². The molecule has 0 aliphatic rings. The van der Waals surface area contributed by atoms with E-state index in [1.54, 1.807) is 0 Å². The Morgan fingerprint density at radius 3 is 2.08 bits per heavy atom. The first-order valence-electron chi connectivity index (χ1n) is 3.35. The molecular weight excluding hydrogens is 189 g/mol. The summed E-state index contributed by atoms with van der Waals surface area (Å²) in [7, 11) is 2.86. The van der Waals surface area contributed by atoms with Crippen LogP contribution in [0.2, 0.25) is 6.04 Å². The predicted octanol–water partition coefficient (Wildman–Crippen LogP) is 1.64. The van der Waals surface area contributed by atoms with E-state index in [0.29, 0.717) is 0 Å². The van der Waals surface area contributed by atoms with Gasteiger partial charge in [-0.25, -0.2) is 0 Å². The molecule has 0 atom stereocenters. The Kier molecular flexibility index (Phi) is 5.52. The first-order valence-corrected chi connectivity index (χ1v) is 4.64. The Morgan fingerprint density at radius 1 is 1.25 bits per heavy atom. The van der Waals surface area contributed by atoms with Crippen LogP contribution in [0.3, 0.4) is 0 Å². The predicted molar refractivity (Wildman–Crippen MR) is 39.0 cm³/mol. The first kappa shape index (κ1) is 11.9. The molecule has 0 unspecified atom stereocenters. The van der Waals surface area contributed by atoms with Gasteiger partial charge in [0.15, 0.2) is 0 Å². The quantitative estimate of drug-likeness (QED) is 0.496. The molecule has 0 amide bonds. The zero-order valence-electron chi connectivity index (χ0n) is 6.94. The summed E-state index contributed by atoms with van der Waals surface area (Å²) < 4.78 is 44.4. The van der Waals surface area contributed by atoms with E-state index in [2.05, 4.69) is 0 Å². The van der Waals surface area contributed by atoms with Gasteiger partial charge in [-0.3, -0.25) is 0 Å². The fourth-order valence-corrected chi connectivity index (χ4v) is 1.59. The Balaban J connectivity index is 3.41. The largest absolute Gasteiger partial charge is 0.388 e. The van der Waals surface area contributed by atoms with Gasteiger partial charge in [0.25, 0.3) is 0 Å². The summed E-state index contributed by atoms with van der Waals surface area (Å²) in [6, 6.07) is 0.0653. The number of methoxy groups -OCH3 is 2. The average molecular weight is 200 g/mol. The minimum atomic E-state index is -4.07. The van der Waals surface area contributed by atoms with Crippen LogP contribution in [-0.4, -0.2) is 35.8 Å². The van der Waals surface area contributed by atoms with Gasteiger partial charge >= 0.3 is 6.18 Å². The molecular formula is C6H11F3O2Si. The highest BCUT2D eigenvalue weighted by molar-refractivity contribution is 6.36. The van der Waals surface area contributed by atoms with E-state index in [0.717, 1.165) is 0 Å². The van der Waals surface area contributed by atoms with Gasteiger partial charge in [0.1, 0.15) is 15.4 Å². The van der Waals surface area contributed by atoms with Crippen molar-refractivity contribution in [1.29, 1.82) is 0 Å². The van der Waals surface area contributed by atoms with Crippen molar-refractivity contribution in [2.45, 2.75) is 24.6 Å². The van der Waals surface area contributed by atoms with Crippen molar-refractivity contribution in [2.75, 3.05) is 14.2 Å². The normalized spacial score (nSPS) is 12.5. The van der Waals surface area contributed by atoms with Crippen molar-refractivity contribution in [2.24, 2.45) is 0 Å². The molecule has 0 aromatic heterocycles. The second-order valence-electron chi connectivity index (χ2n) is 2.12. The molecule has 12 heavy (non-hydrogen) atoms. The SMILES string of the molecule is COC(OC)[Si]CCC(F)(F)F. The van der Waals surface area contributed by atoms with E-state index < -0.39 is 18.5 Å². The summed E-state index contributed by atoms with van der Waals surface area (Å²) in [4.78, 5) is 0. The van der Waals surface area contributed by atoms with E-state index in [9.17, 15) is 13.2 Å². The first-order chi connectivity index (χ1) is 5.49. The molecule has 72 valence electrons. The Labute approximate surface area is 71.9 Å². The third kappa shape index (κ3) is 6.63. The van der Waals surface area contributed by atoms with Crippen LogP contribution >= 0.6 is 0 Å². The molecule has 0 aliphatic carbocycles. The summed E-state index contributed by atoms with van der Waals surface area (Å²) in [6.07, 6.45) is -4.84. The third-order valence-electron chi connectivity index (χ3n) is 1.15. The van der Waals surface area contributed by atoms with Crippen molar-refractivity contribution in [3.8, 4) is 0 Å². The lowest BCUT2D eigenvalue weighted by Crippen LogP contribution is -2.22. The zero-order valence-corrected chi connectivity index (χ0v) is 7.94. The van der Waals surface area contributed by atoms with Crippen molar-refractivity contribution in [3.63, 3.8) is 0 Å². The molecule has 2 radical (unpaired) electrons. The van der Waals surface area contributed by atoms with Gasteiger partial charge in [0.2, 0.25) is 0 Å². The topological polar surface area (TPSA) is 18.5 Å². The highest BCUT2D eigenvalue weighted by atomic mass is 28.2. The van der Waals surface area contributed by atoms with Crippen molar-refractivity contribution < 1.29 is 22.6 Å². The molecule has 2 nitrogen and oxygen atoms in total. The number of rotatable bonds is 5. The Hall–Kier alpha value is -0.0731. The molecule has 0 aliphatic heterocycles. The van der Waals surface area contributed by atoms with Gasteiger partial charge < -0.3 is 9.47 Å². The van der Waals surface area contributed by atoms with Crippen LogP contribution in [0.25, 0.3) is 0 Å². The number of halogens is 3. The van der Waals surface area contributed by atoms with Crippen LogP contribution in [0.4, 0.5) is 13.2 Å². The summed E-state index contributed by atoms with van der Waals surface area (Å²) in [5.41, 5.74) is 0. The van der Waals surface area contributed by atoms with E-state index >= 15 is 0 Å². The van der Waals surface area contributed by atoms with E-state index in [4.69, 9.17) is 9.47 Å². The van der Waals surface area contributed by atoms with E-state index in [-0.39, 0.29) is 15.6 Å². The Morgan fingerprint density at radius 2 is 1.75 bits per heavy atom. The molecule has 6 heteroatoms. The average Bonchev–Trinajstić information content (AvgIpc) is 1.96. The highest BCUT2D eigenvalue weighted by Crippen LogP contribution is 2.21. The molecule has 0 aromatic rings. The summed E-state index contributed by atoms with van der Waals surface area (Å²) in [6.45, 7) is 0. The molecule has 0 bridgehead atoms. The Bertz CT molecular complexity index is 114. The van der Waals surface area contributed by atoms with Crippen LogP contribution in [0.1, 0.15) is 6.42 Å². The summed E-state index contributed by atoms with van der Waals surface area (Å²) >= 11 is 0. The molecule has 0 saturated heterocycles. The minimum Gasteiger partial charge on any atom is -0.360 e. The fraction of sp³-hybridized carbons (Fsp3) is 1.00. The second-order valence-corrected chi connectivity index (χ2v) is 3.50. The van der Waals surface area contributed by atoms with Gasteiger partial charge in [0.05, 0.1) is 0 Å². The number of hydrogen-bond donors (Lipinski definition) is 0. The standard InChI is InChI=1S/C6H11F3O2Si/c1-10-5(11-2)12-4-3-6(7,8)9/h5H,3-4H2,1-2H3. The zero-order chi connectivity index (χ0) is 9.61. The fourth-order valence-electron chi connectivity index (χ4n) is 0.595. The summed E-state index contributed by atoms with van der Waals surface area (Å²) in [5.74, 6) is -0.493. The minimum absolute atomic E-state index is 0.0325. The maximum atomic E-state index is 11.6. The molecule has 0 N–H and O–H groups in total. The van der Waals surface area contributed by atoms with Crippen LogP contribution in [0, 0.1) is 0 Å². The van der Waals surface area contributed by atoms with Crippen molar-refractivity contribution in [3.05, 3.63) is 0 Å². The smallest absolute Gasteiger partial charge is 0.360 e.